The van der Waals surface area contributed by atoms with Crippen molar-refractivity contribution < 1.29 is 4.79 Å². The minimum atomic E-state index is 0.394. The third-order valence-electron chi connectivity index (χ3n) is 1.91. The topological polar surface area (TPSA) is 53.8 Å². The molecule has 0 aliphatic heterocycles. The lowest BCUT2D eigenvalue weighted by atomic mass is 10.2. The summed E-state index contributed by atoms with van der Waals surface area (Å²) in [6.07, 6.45) is 2.46. The Kier molecular flexibility index (Phi) is 2.57. The number of hydrogen-bond acceptors (Lipinski definition) is 4. The Labute approximate surface area is 90.6 Å². The van der Waals surface area contributed by atoms with Gasteiger partial charge in [-0.25, -0.2) is 4.98 Å². The van der Waals surface area contributed by atoms with Crippen LogP contribution in [0.15, 0.2) is 30.5 Å². The van der Waals surface area contributed by atoms with Gasteiger partial charge in [0.25, 0.3) is 0 Å². The van der Waals surface area contributed by atoms with E-state index in [1.807, 2.05) is 18.2 Å². The Balaban J connectivity index is 2.37. The van der Waals surface area contributed by atoms with E-state index in [1.165, 1.54) is 11.3 Å². The number of nitriles is 1. The number of aromatic nitrogens is 1. The van der Waals surface area contributed by atoms with E-state index in [-0.39, 0.29) is 0 Å². The van der Waals surface area contributed by atoms with Gasteiger partial charge in [0.1, 0.15) is 11.8 Å². The van der Waals surface area contributed by atoms with Crippen LogP contribution >= 0.6 is 11.3 Å². The maximum absolute atomic E-state index is 10.5. The van der Waals surface area contributed by atoms with Gasteiger partial charge in [-0.05, 0) is 24.3 Å². The molecule has 4 heteroatoms. The summed E-state index contributed by atoms with van der Waals surface area (Å²) in [4.78, 5) is 16.1. The van der Waals surface area contributed by atoms with Crippen LogP contribution < -0.4 is 0 Å². The van der Waals surface area contributed by atoms with Crippen molar-refractivity contribution in [2.75, 3.05) is 0 Å². The second kappa shape index (κ2) is 4.03. The van der Waals surface area contributed by atoms with Crippen LogP contribution in [0.4, 0.5) is 0 Å². The summed E-state index contributed by atoms with van der Waals surface area (Å²) in [5.41, 5.74) is 1.32. The van der Waals surface area contributed by atoms with Crippen molar-refractivity contribution in [1.29, 1.82) is 5.26 Å². The van der Waals surface area contributed by atoms with Gasteiger partial charge in [0.15, 0.2) is 6.29 Å². The van der Waals surface area contributed by atoms with E-state index < -0.39 is 0 Å². The first-order chi connectivity index (χ1) is 7.33. The number of carbonyl (C=O) groups excluding carboxylic acids is 1. The second-order valence-electron chi connectivity index (χ2n) is 2.86. The van der Waals surface area contributed by atoms with Crippen molar-refractivity contribution in [1.82, 2.24) is 4.98 Å². The van der Waals surface area contributed by atoms with Gasteiger partial charge in [0, 0.05) is 16.6 Å². The first kappa shape index (κ1) is 9.56. The molecule has 0 spiro atoms. The fourth-order valence-corrected chi connectivity index (χ4v) is 1.99. The first-order valence-corrected chi connectivity index (χ1v) is 5.06. The number of aldehydes is 1. The van der Waals surface area contributed by atoms with Crippen LogP contribution in [0.1, 0.15) is 15.4 Å². The molecular weight excluding hydrogens is 208 g/mol. The SMILES string of the molecule is N#Cc1ccc(-c2ccc(C=O)s2)cn1. The summed E-state index contributed by atoms with van der Waals surface area (Å²) in [5.74, 6) is 0. The molecule has 0 amide bonds. The molecule has 0 N–H and O–H groups in total. The van der Waals surface area contributed by atoms with Gasteiger partial charge in [-0.15, -0.1) is 11.3 Å². The highest BCUT2D eigenvalue weighted by molar-refractivity contribution is 7.17. The summed E-state index contributed by atoms with van der Waals surface area (Å²) < 4.78 is 0. The summed E-state index contributed by atoms with van der Waals surface area (Å²) in [6.45, 7) is 0. The summed E-state index contributed by atoms with van der Waals surface area (Å²) >= 11 is 1.41. The number of thiophene rings is 1. The molecule has 0 bridgehead atoms. The molecule has 0 radical (unpaired) electrons. The molecule has 72 valence electrons. The zero-order valence-corrected chi connectivity index (χ0v) is 8.49. The van der Waals surface area contributed by atoms with Crippen molar-refractivity contribution in [3.63, 3.8) is 0 Å². The summed E-state index contributed by atoms with van der Waals surface area (Å²) in [7, 11) is 0. The van der Waals surface area contributed by atoms with Gasteiger partial charge in [0.05, 0.1) is 4.88 Å². The molecular formula is C11H6N2OS. The molecule has 3 nitrogen and oxygen atoms in total. The van der Waals surface area contributed by atoms with Crippen molar-refractivity contribution in [3.8, 4) is 16.5 Å². The van der Waals surface area contributed by atoms with Gasteiger partial charge >= 0.3 is 0 Å². The minimum absolute atomic E-state index is 0.394. The molecule has 0 aromatic carbocycles. The van der Waals surface area contributed by atoms with Crippen LogP contribution in [-0.2, 0) is 0 Å². The molecule has 0 unspecified atom stereocenters. The third-order valence-corrected chi connectivity index (χ3v) is 2.97. The van der Waals surface area contributed by atoms with Crippen molar-refractivity contribution >= 4 is 17.6 Å². The van der Waals surface area contributed by atoms with Gasteiger partial charge in [-0.2, -0.15) is 5.26 Å². The Morgan fingerprint density at radius 2 is 2.20 bits per heavy atom. The van der Waals surface area contributed by atoms with Crippen LogP contribution in [0.5, 0.6) is 0 Å². The highest BCUT2D eigenvalue weighted by atomic mass is 32.1. The van der Waals surface area contributed by atoms with Crippen LogP contribution in [0.2, 0.25) is 0 Å². The Bertz CT molecular complexity index is 522. The van der Waals surface area contributed by atoms with E-state index in [0.717, 1.165) is 16.7 Å². The average molecular weight is 214 g/mol. The monoisotopic (exact) mass is 214 g/mol. The van der Waals surface area contributed by atoms with E-state index in [9.17, 15) is 4.79 Å². The van der Waals surface area contributed by atoms with Crippen LogP contribution in [0, 0.1) is 11.3 Å². The van der Waals surface area contributed by atoms with E-state index >= 15 is 0 Å². The van der Waals surface area contributed by atoms with E-state index in [0.29, 0.717) is 10.6 Å². The van der Waals surface area contributed by atoms with Crippen LogP contribution in [-0.4, -0.2) is 11.3 Å². The molecule has 0 fully saturated rings. The number of nitrogens with zero attached hydrogens (tertiary/aromatic N) is 2. The normalized spacial score (nSPS) is 9.53. The summed E-state index contributed by atoms with van der Waals surface area (Å²) in [6, 6.07) is 9.09. The minimum Gasteiger partial charge on any atom is -0.297 e. The van der Waals surface area contributed by atoms with Gasteiger partial charge < -0.3 is 0 Å². The number of rotatable bonds is 2. The molecule has 0 aliphatic rings. The second-order valence-corrected chi connectivity index (χ2v) is 3.98. The molecule has 2 aromatic rings. The molecule has 0 atom stereocenters. The van der Waals surface area contributed by atoms with Gasteiger partial charge in [-0.1, -0.05) is 0 Å². The Morgan fingerprint density at radius 1 is 1.33 bits per heavy atom. The van der Waals surface area contributed by atoms with Crippen molar-refractivity contribution in [2.45, 2.75) is 0 Å². The average Bonchev–Trinajstić information content (AvgIpc) is 2.78. The standard InChI is InChI=1S/C11H6N2OS/c12-5-9-2-1-8(6-13-9)11-4-3-10(7-14)15-11/h1-4,6-7H. The largest absolute Gasteiger partial charge is 0.297 e. The number of pyridine rings is 1. The predicted octanol–water partition coefficient (Wildman–Crippen LogP) is 2.49. The van der Waals surface area contributed by atoms with Crippen molar-refractivity contribution in [3.05, 3.63) is 41.0 Å². The smallest absolute Gasteiger partial charge is 0.160 e. The lowest BCUT2D eigenvalue weighted by Gasteiger charge is -1.95. The molecule has 0 saturated heterocycles. The maximum atomic E-state index is 10.5. The third kappa shape index (κ3) is 1.92. The van der Waals surface area contributed by atoms with E-state index in [2.05, 4.69) is 4.98 Å². The van der Waals surface area contributed by atoms with Gasteiger partial charge in [0.2, 0.25) is 0 Å². The summed E-state index contributed by atoms with van der Waals surface area (Å²) in [5, 5.41) is 8.59. The van der Waals surface area contributed by atoms with Gasteiger partial charge in [-0.3, -0.25) is 4.79 Å². The molecule has 15 heavy (non-hydrogen) atoms. The highest BCUT2D eigenvalue weighted by Crippen LogP contribution is 2.26. The lowest BCUT2D eigenvalue weighted by molar-refractivity contribution is 0.112. The molecule has 2 aromatic heterocycles. The fourth-order valence-electron chi connectivity index (χ4n) is 1.18. The fraction of sp³-hybridized carbons (Fsp3) is 0. The molecule has 2 heterocycles. The highest BCUT2D eigenvalue weighted by Gasteiger charge is 2.02. The molecule has 2 rings (SSSR count). The number of carbonyl (C=O) groups is 1. The lowest BCUT2D eigenvalue weighted by Crippen LogP contribution is -1.81. The van der Waals surface area contributed by atoms with Crippen LogP contribution in [0.3, 0.4) is 0 Å². The number of hydrogen-bond donors (Lipinski definition) is 0. The zero-order valence-electron chi connectivity index (χ0n) is 7.68. The quantitative estimate of drug-likeness (QED) is 0.722. The van der Waals surface area contributed by atoms with E-state index in [1.54, 1.807) is 18.3 Å². The Hall–Kier alpha value is -1.99. The van der Waals surface area contributed by atoms with E-state index in [4.69, 9.17) is 5.26 Å². The molecule has 0 saturated carbocycles. The van der Waals surface area contributed by atoms with Crippen LogP contribution in [0.25, 0.3) is 10.4 Å². The zero-order chi connectivity index (χ0) is 10.7. The predicted molar refractivity (Wildman–Crippen MR) is 57.7 cm³/mol. The maximum Gasteiger partial charge on any atom is 0.160 e. The Morgan fingerprint density at radius 3 is 2.73 bits per heavy atom. The first-order valence-electron chi connectivity index (χ1n) is 4.25. The molecule has 0 aliphatic carbocycles. The van der Waals surface area contributed by atoms with Crippen molar-refractivity contribution in [2.24, 2.45) is 0 Å².